The van der Waals surface area contributed by atoms with Gasteiger partial charge in [-0.1, -0.05) is 34.8 Å². The molecule has 0 saturated carbocycles. The van der Waals surface area contributed by atoms with Crippen LogP contribution in [0.25, 0.3) is 0 Å². The van der Waals surface area contributed by atoms with E-state index in [4.69, 9.17) is 45.3 Å². The van der Waals surface area contributed by atoms with Gasteiger partial charge in [-0.2, -0.15) is 0 Å². The molecule has 0 radical (unpaired) electrons. The second-order valence-electron chi connectivity index (χ2n) is 4.46. The van der Waals surface area contributed by atoms with Crippen molar-refractivity contribution in [2.24, 2.45) is 5.73 Å². The number of ether oxygens (including phenoxy) is 1. The maximum atomic E-state index is 6.11. The summed E-state index contributed by atoms with van der Waals surface area (Å²) in [5.74, 6) is 0.738. The summed E-state index contributed by atoms with van der Waals surface area (Å²) >= 11 is 17.9. The van der Waals surface area contributed by atoms with Gasteiger partial charge in [0.1, 0.15) is 12.4 Å². The van der Waals surface area contributed by atoms with Crippen LogP contribution in [0.1, 0.15) is 5.56 Å². The standard InChI is InChI=1S/C15H14Cl3NO/c16-11-1-4-14(5-2-11)20-9-13(19)8-10-7-12(17)3-6-15(10)18/h1-7,13H,8-9,19H2. The molecule has 2 rings (SSSR count). The minimum Gasteiger partial charge on any atom is -0.492 e. The molecule has 0 aliphatic heterocycles. The van der Waals surface area contributed by atoms with Crippen molar-refractivity contribution in [3.63, 3.8) is 0 Å². The largest absolute Gasteiger partial charge is 0.492 e. The first-order valence-corrected chi connectivity index (χ1v) is 7.26. The highest BCUT2D eigenvalue weighted by atomic mass is 35.5. The first kappa shape index (κ1) is 15.5. The fourth-order valence-electron chi connectivity index (χ4n) is 1.78. The SMILES string of the molecule is NC(COc1ccc(Cl)cc1)Cc1cc(Cl)ccc1Cl. The average Bonchev–Trinajstić information content (AvgIpc) is 2.42. The lowest BCUT2D eigenvalue weighted by Gasteiger charge is -2.14. The first-order valence-electron chi connectivity index (χ1n) is 6.12. The van der Waals surface area contributed by atoms with Gasteiger partial charge in [-0.25, -0.2) is 0 Å². The molecule has 0 heterocycles. The molecule has 0 aliphatic carbocycles. The van der Waals surface area contributed by atoms with Crippen LogP contribution in [0.15, 0.2) is 42.5 Å². The van der Waals surface area contributed by atoms with Crippen molar-refractivity contribution in [3.8, 4) is 5.75 Å². The molecule has 0 saturated heterocycles. The van der Waals surface area contributed by atoms with Crippen molar-refractivity contribution in [3.05, 3.63) is 63.1 Å². The maximum absolute atomic E-state index is 6.11. The Bertz CT molecular complexity index is 572. The molecule has 2 nitrogen and oxygen atoms in total. The summed E-state index contributed by atoms with van der Waals surface area (Å²) in [6.07, 6.45) is 0.604. The van der Waals surface area contributed by atoms with Crippen molar-refractivity contribution in [2.45, 2.75) is 12.5 Å². The van der Waals surface area contributed by atoms with Crippen LogP contribution in [-0.2, 0) is 6.42 Å². The van der Waals surface area contributed by atoms with Crippen LogP contribution in [0, 0.1) is 0 Å². The molecule has 0 amide bonds. The van der Waals surface area contributed by atoms with Gasteiger partial charge in [-0.15, -0.1) is 0 Å². The monoisotopic (exact) mass is 329 g/mol. The second kappa shape index (κ2) is 7.19. The number of hydrogen-bond acceptors (Lipinski definition) is 2. The van der Waals surface area contributed by atoms with E-state index < -0.39 is 0 Å². The van der Waals surface area contributed by atoms with E-state index in [0.717, 1.165) is 11.3 Å². The Balaban J connectivity index is 1.90. The summed E-state index contributed by atoms with van der Waals surface area (Å²) in [7, 11) is 0. The minimum absolute atomic E-state index is 0.165. The highest BCUT2D eigenvalue weighted by molar-refractivity contribution is 6.33. The normalized spacial score (nSPS) is 12.2. The lowest BCUT2D eigenvalue weighted by molar-refractivity contribution is 0.287. The molecular weight excluding hydrogens is 317 g/mol. The van der Waals surface area contributed by atoms with Crippen molar-refractivity contribution in [1.82, 2.24) is 0 Å². The molecule has 5 heteroatoms. The quantitative estimate of drug-likeness (QED) is 0.870. The van der Waals surface area contributed by atoms with Crippen LogP contribution in [0.5, 0.6) is 5.75 Å². The first-order chi connectivity index (χ1) is 9.54. The van der Waals surface area contributed by atoms with Crippen molar-refractivity contribution in [1.29, 1.82) is 0 Å². The fraction of sp³-hybridized carbons (Fsp3) is 0.200. The van der Waals surface area contributed by atoms with E-state index in [9.17, 15) is 0 Å². The molecule has 0 aliphatic rings. The van der Waals surface area contributed by atoms with Crippen molar-refractivity contribution < 1.29 is 4.74 Å². The molecule has 0 fully saturated rings. The lowest BCUT2D eigenvalue weighted by Crippen LogP contribution is -2.30. The summed E-state index contributed by atoms with van der Waals surface area (Å²) in [5, 5.41) is 1.99. The van der Waals surface area contributed by atoms with Crippen molar-refractivity contribution >= 4 is 34.8 Å². The van der Waals surface area contributed by atoms with Gasteiger partial charge in [-0.05, 0) is 54.4 Å². The molecule has 0 bridgehead atoms. The molecule has 0 aromatic heterocycles. The van der Waals surface area contributed by atoms with E-state index in [1.54, 1.807) is 36.4 Å². The summed E-state index contributed by atoms with van der Waals surface area (Å²) in [6, 6.07) is 12.3. The lowest BCUT2D eigenvalue weighted by atomic mass is 10.1. The highest BCUT2D eigenvalue weighted by Gasteiger charge is 2.09. The zero-order valence-corrected chi connectivity index (χ0v) is 12.9. The number of rotatable bonds is 5. The smallest absolute Gasteiger partial charge is 0.119 e. The summed E-state index contributed by atoms with van der Waals surface area (Å²) in [6.45, 7) is 0.393. The van der Waals surface area contributed by atoms with Gasteiger partial charge >= 0.3 is 0 Å². The van der Waals surface area contributed by atoms with Gasteiger partial charge < -0.3 is 10.5 Å². The Morgan fingerprint density at radius 1 is 0.950 bits per heavy atom. The Kier molecular flexibility index (Phi) is 5.55. The fourth-order valence-corrected chi connectivity index (χ4v) is 2.29. The summed E-state index contributed by atoms with van der Waals surface area (Å²) in [4.78, 5) is 0. The third-order valence-electron chi connectivity index (χ3n) is 2.77. The average molecular weight is 331 g/mol. The van der Waals surface area contributed by atoms with Crippen LogP contribution in [0.2, 0.25) is 15.1 Å². The molecule has 20 heavy (non-hydrogen) atoms. The van der Waals surface area contributed by atoms with Crippen LogP contribution >= 0.6 is 34.8 Å². The van der Waals surface area contributed by atoms with Crippen LogP contribution in [0.4, 0.5) is 0 Å². The molecule has 2 aromatic rings. The third-order valence-corrected chi connectivity index (χ3v) is 3.62. The Labute approximate surface area is 133 Å². The Morgan fingerprint density at radius 3 is 2.30 bits per heavy atom. The van der Waals surface area contributed by atoms with E-state index in [-0.39, 0.29) is 6.04 Å². The summed E-state index contributed by atoms with van der Waals surface area (Å²) < 4.78 is 5.61. The molecule has 1 atom stereocenters. The van der Waals surface area contributed by atoms with Gasteiger partial charge in [-0.3, -0.25) is 0 Å². The van der Waals surface area contributed by atoms with Crippen LogP contribution in [0.3, 0.4) is 0 Å². The predicted octanol–water partition coefficient (Wildman–Crippen LogP) is 4.60. The van der Waals surface area contributed by atoms with Crippen LogP contribution < -0.4 is 10.5 Å². The van der Waals surface area contributed by atoms with Gasteiger partial charge in [0, 0.05) is 21.1 Å². The van der Waals surface area contributed by atoms with E-state index in [2.05, 4.69) is 0 Å². The number of nitrogens with two attached hydrogens (primary N) is 1. The zero-order valence-electron chi connectivity index (χ0n) is 10.7. The van der Waals surface area contributed by atoms with E-state index in [1.807, 2.05) is 6.07 Å². The van der Waals surface area contributed by atoms with Gasteiger partial charge in [0.25, 0.3) is 0 Å². The topological polar surface area (TPSA) is 35.2 Å². The van der Waals surface area contributed by atoms with Gasteiger partial charge in [0.2, 0.25) is 0 Å². The molecule has 0 spiro atoms. The molecule has 2 N–H and O–H groups in total. The zero-order chi connectivity index (χ0) is 14.5. The van der Waals surface area contributed by atoms with E-state index >= 15 is 0 Å². The highest BCUT2D eigenvalue weighted by Crippen LogP contribution is 2.22. The van der Waals surface area contributed by atoms with Crippen molar-refractivity contribution in [2.75, 3.05) is 6.61 Å². The van der Waals surface area contributed by atoms with Crippen LogP contribution in [-0.4, -0.2) is 12.6 Å². The maximum Gasteiger partial charge on any atom is 0.119 e. The number of halogens is 3. The van der Waals surface area contributed by atoms with E-state index in [1.165, 1.54) is 0 Å². The molecule has 1 unspecified atom stereocenters. The Morgan fingerprint density at radius 2 is 1.60 bits per heavy atom. The van der Waals surface area contributed by atoms with E-state index in [0.29, 0.717) is 28.1 Å². The molecular formula is C15H14Cl3NO. The van der Waals surface area contributed by atoms with Gasteiger partial charge in [0.15, 0.2) is 0 Å². The Hall–Kier alpha value is -0.930. The predicted molar refractivity (Wildman–Crippen MR) is 85.1 cm³/mol. The summed E-state index contributed by atoms with van der Waals surface area (Å²) in [5.41, 5.74) is 6.97. The molecule has 106 valence electrons. The molecule has 2 aromatic carbocycles. The number of benzene rings is 2. The minimum atomic E-state index is -0.165. The second-order valence-corrected chi connectivity index (χ2v) is 5.74. The van der Waals surface area contributed by atoms with Gasteiger partial charge in [0.05, 0.1) is 0 Å². The number of hydrogen-bond donors (Lipinski definition) is 1. The third kappa shape index (κ3) is 4.57.